The van der Waals surface area contributed by atoms with Crippen LogP contribution in [0.2, 0.25) is 0 Å². The van der Waals surface area contributed by atoms with Crippen LogP contribution >= 0.6 is 0 Å². The second-order valence-corrected chi connectivity index (χ2v) is 7.99. The number of aromatic nitrogens is 1. The predicted octanol–water partition coefficient (Wildman–Crippen LogP) is 5.66. The van der Waals surface area contributed by atoms with Crippen molar-refractivity contribution < 1.29 is 13.6 Å². The molecule has 33 heavy (non-hydrogen) atoms. The van der Waals surface area contributed by atoms with E-state index in [2.05, 4.69) is 10.3 Å². The number of anilines is 1. The van der Waals surface area contributed by atoms with Gasteiger partial charge in [-0.05, 0) is 66.3 Å². The van der Waals surface area contributed by atoms with Crippen LogP contribution in [0.1, 0.15) is 22.3 Å². The molecule has 0 aliphatic rings. The molecule has 0 saturated heterocycles. The lowest BCUT2D eigenvalue weighted by molar-refractivity contribution is 0.206. The molecular formula is C26H23F2N3O2. The van der Waals surface area contributed by atoms with Gasteiger partial charge in [-0.3, -0.25) is 4.79 Å². The van der Waals surface area contributed by atoms with Crippen molar-refractivity contribution >= 4 is 22.6 Å². The minimum atomic E-state index is -0.580. The van der Waals surface area contributed by atoms with E-state index in [4.69, 9.17) is 0 Å². The third-order valence-corrected chi connectivity index (χ3v) is 5.68. The molecule has 0 bridgehead atoms. The Kier molecular flexibility index (Phi) is 6.22. The highest BCUT2D eigenvalue weighted by Crippen LogP contribution is 2.21. The standard InChI is InChI=1S/C26H23F2N3O2/c1-16-7-10-19-13-20(25(32)30-24(19)17(16)2)15-31(14-18-8-11-21(27)12-9-18)26(33)29-23-6-4-3-5-22(23)28/h3-13H,14-15H2,1-2H3,(H,29,33)(H,30,32). The van der Waals surface area contributed by atoms with Crippen molar-refractivity contribution in [3.8, 4) is 0 Å². The Labute approximate surface area is 189 Å². The molecule has 7 heteroatoms. The minimum absolute atomic E-state index is 0.0180. The maximum Gasteiger partial charge on any atom is 0.322 e. The molecule has 0 unspecified atom stereocenters. The van der Waals surface area contributed by atoms with Gasteiger partial charge in [0.15, 0.2) is 0 Å². The molecule has 5 nitrogen and oxygen atoms in total. The molecule has 0 aliphatic heterocycles. The van der Waals surface area contributed by atoms with E-state index >= 15 is 0 Å². The molecule has 0 spiro atoms. The lowest BCUT2D eigenvalue weighted by atomic mass is 10.0. The summed E-state index contributed by atoms with van der Waals surface area (Å²) in [6.45, 7) is 4.00. The first-order valence-electron chi connectivity index (χ1n) is 10.5. The molecule has 0 atom stereocenters. The van der Waals surface area contributed by atoms with Crippen LogP contribution in [-0.4, -0.2) is 15.9 Å². The number of carbonyl (C=O) groups is 1. The van der Waals surface area contributed by atoms with Crippen molar-refractivity contribution in [1.29, 1.82) is 0 Å². The second kappa shape index (κ2) is 9.24. The fraction of sp³-hybridized carbons (Fsp3) is 0.154. The predicted molar refractivity (Wildman–Crippen MR) is 125 cm³/mol. The summed E-state index contributed by atoms with van der Waals surface area (Å²) in [7, 11) is 0. The topological polar surface area (TPSA) is 65.2 Å². The van der Waals surface area contributed by atoms with E-state index in [1.54, 1.807) is 24.3 Å². The number of hydrogen-bond acceptors (Lipinski definition) is 2. The van der Waals surface area contributed by atoms with Crippen LogP contribution < -0.4 is 10.9 Å². The van der Waals surface area contributed by atoms with Gasteiger partial charge in [-0.1, -0.05) is 36.4 Å². The van der Waals surface area contributed by atoms with Gasteiger partial charge in [0.05, 0.1) is 17.7 Å². The Bertz CT molecular complexity index is 1380. The van der Waals surface area contributed by atoms with E-state index in [1.165, 1.54) is 35.2 Å². The molecule has 2 N–H and O–H groups in total. The summed E-state index contributed by atoms with van der Waals surface area (Å²) in [6.07, 6.45) is 0. The van der Waals surface area contributed by atoms with Crippen LogP contribution in [0.15, 0.2) is 71.5 Å². The largest absolute Gasteiger partial charge is 0.322 e. The number of para-hydroxylation sites is 1. The average molecular weight is 447 g/mol. The van der Waals surface area contributed by atoms with E-state index in [1.807, 2.05) is 26.0 Å². The normalized spacial score (nSPS) is 10.9. The summed E-state index contributed by atoms with van der Waals surface area (Å²) in [5.74, 6) is -0.959. The molecule has 0 fully saturated rings. The first-order chi connectivity index (χ1) is 15.8. The zero-order valence-corrected chi connectivity index (χ0v) is 18.3. The van der Waals surface area contributed by atoms with Gasteiger partial charge in [0.1, 0.15) is 11.6 Å². The smallest absolute Gasteiger partial charge is 0.321 e. The van der Waals surface area contributed by atoms with Crippen LogP contribution in [0, 0.1) is 25.5 Å². The molecule has 1 aromatic heterocycles. The first kappa shape index (κ1) is 22.2. The number of hydrogen-bond donors (Lipinski definition) is 2. The lowest BCUT2D eigenvalue weighted by Gasteiger charge is -2.23. The number of nitrogens with one attached hydrogen (secondary N) is 2. The number of pyridine rings is 1. The molecule has 2 amide bonds. The number of carbonyl (C=O) groups excluding carboxylic acids is 1. The van der Waals surface area contributed by atoms with Gasteiger partial charge in [-0.15, -0.1) is 0 Å². The fourth-order valence-corrected chi connectivity index (χ4v) is 3.66. The van der Waals surface area contributed by atoms with Crippen molar-refractivity contribution in [2.45, 2.75) is 26.9 Å². The number of amides is 2. The molecule has 168 valence electrons. The zero-order valence-electron chi connectivity index (χ0n) is 18.3. The SMILES string of the molecule is Cc1ccc2cc(CN(Cc3ccc(F)cc3)C(=O)Nc3ccccc3F)c(=O)[nH]c2c1C. The van der Waals surface area contributed by atoms with Gasteiger partial charge in [0, 0.05) is 12.1 Å². The summed E-state index contributed by atoms with van der Waals surface area (Å²) < 4.78 is 27.4. The highest BCUT2D eigenvalue weighted by molar-refractivity contribution is 5.89. The summed E-state index contributed by atoms with van der Waals surface area (Å²) in [6, 6.07) is 16.6. The number of rotatable bonds is 5. The Hall–Kier alpha value is -4.00. The van der Waals surface area contributed by atoms with Crippen LogP contribution in [0.25, 0.3) is 10.9 Å². The first-order valence-corrected chi connectivity index (χ1v) is 10.5. The lowest BCUT2D eigenvalue weighted by Crippen LogP contribution is -2.36. The molecule has 4 rings (SSSR count). The van der Waals surface area contributed by atoms with Gasteiger partial charge < -0.3 is 15.2 Å². The highest BCUT2D eigenvalue weighted by atomic mass is 19.1. The summed E-state index contributed by atoms with van der Waals surface area (Å²) >= 11 is 0. The summed E-state index contributed by atoms with van der Waals surface area (Å²) in [4.78, 5) is 30.2. The number of aryl methyl sites for hydroxylation is 2. The van der Waals surface area contributed by atoms with Gasteiger partial charge in [-0.25, -0.2) is 13.6 Å². The third-order valence-electron chi connectivity index (χ3n) is 5.68. The van der Waals surface area contributed by atoms with E-state index < -0.39 is 17.7 Å². The molecule has 1 heterocycles. The Morgan fingerprint density at radius 3 is 2.42 bits per heavy atom. The van der Waals surface area contributed by atoms with E-state index in [0.29, 0.717) is 11.1 Å². The Balaban J connectivity index is 1.68. The molecule has 0 aliphatic carbocycles. The Morgan fingerprint density at radius 1 is 0.970 bits per heavy atom. The maximum atomic E-state index is 14.1. The number of halogens is 2. The molecular weight excluding hydrogens is 424 g/mol. The Morgan fingerprint density at radius 2 is 1.70 bits per heavy atom. The zero-order chi connectivity index (χ0) is 23.5. The highest BCUT2D eigenvalue weighted by Gasteiger charge is 2.18. The molecule has 4 aromatic rings. The third kappa shape index (κ3) is 4.92. The van der Waals surface area contributed by atoms with Gasteiger partial charge in [0.25, 0.3) is 5.56 Å². The maximum absolute atomic E-state index is 14.1. The molecule has 0 saturated carbocycles. The summed E-state index contributed by atoms with van der Waals surface area (Å²) in [5, 5.41) is 3.41. The van der Waals surface area contributed by atoms with Crippen molar-refractivity contribution in [2.24, 2.45) is 0 Å². The fourth-order valence-electron chi connectivity index (χ4n) is 3.66. The van der Waals surface area contributed by atoms with Gasteiger partial charge in [0.2, 0.25) is 0 Å². The van der Waals surface area contributed by atoms with Crippen molar-refractivity contribution in [2.75, 3.05) is 5.32 Å². The molecule has 0 radical (unpaired) electrons. The summed E-state index contributed by atoms with van der Waals surface area (Å²) in [5.41, 5.74) is 3.58. The molecule has 3 aromatic carbocycles. The van der Waals surface area contributed by atoms with E-state index in [-0.39, 0.29) is 24.3 Å². The van der Waals surface area contributed by atoms with Gasteiger partial charge in [-0.2, -0.15) is 0 Å². The average Bonchev–Trinajstić information content (AvgIpc) is 2.80. The number of fused-ring (bicyclic) bond motifs is 1. The van der Waals surface area contributed by atoms with Crippen LogP contribution in [0.3, 0.4) is 0 Å². The van der Waals surface area contributed by atoms with Crippen molar-refractivity contribution in [3.63, 3.8) is 0 Å². The van der Waals surface area contributed by atoms with Crippen LogP contribution in [0.5, 0.6) is 0 Å². The minimum Gasteiger partial charge on any atom is -0.321 e. The van der Waals surface area contributed by atoms with Gasteiger partial charge >= 0.3 is 6.03 Å². The van der Waals surface area contributed by atoms with Crippen molar-refractivity contribution in [3.05, 3.63) is 111 Å². The number of H-pyrrole nitrogens is 1. The van der Waals surface area contributed by atoms with E-state index in [0.717, 1.165) is 22.0 Å². The number of urea groups is 1. The number of benzene rings is 3. The quantitative estimate of drug-likeness (QED) is 0.415. The monoisotopic (exact) mass is 447 g/mol. The number of aromatic amines is 1. The van der Waals surface area contributed by atoms with Crippen LogP contribution in [0.4, 0.5) is 19.3 Å². The number of nitrogens with zero attached hydrogens (tertiary/aromatic N) is 1. The second-order valence-electron chi connectivity index (χ2n) is 7.99. The van der Waals surface area contributed by atoms with E-state index in [9.17, 15) is 18.4 Å². The van der Waals surface area contributed by atoms with Crippen LogP contribution in [-0.2, 0) is 13.1 Å². The van der Waals surface area contributed by atoms with Crippen molar-refractivity contribution in [1.82, 2.24) is 9.88 Å².